The quantitative estimate of drug-likeness (QED) is 0.847. The second-order valence-corrected chi connectivity index (χ2v) is 5.15. The second-order valence-electron chi connectivity index (χ2n) is 4.71. The van der Waals surface area contributed by atoms with Crippen LogP contribution < -0.4 is 10.6 Å². The van der Waals surface area contributed by atoms with Gasteiger partial charge >= 0.3 is 0 Å². The molecule has 0 radical (unpaired) electrons. The average Bonchev–Trinajstić information content (AvgIpc) is 2.28. The van der Waals surface area contributed by atoms with E-state index in [4.69, 9.17) is 11.6 Å². The Kier molecular flexibility index (Phi) is 4.97. The lowest BCUT2D eigenvalue weighted by Gasteiger charge is -2.23. The number of carbonyl (C=O) groups is 1. The fourth-order valence-electron chi connectivity index (χ4n) is 1.36. The maximum atomic E-state index is 11.7. The first-order valence-corrected chi connectivity index (χ1v) is 6.01. The van der Waals surface area contributed by atoms with Gasteiger partial charge in [0.05, 0.1) is 0 Å². The molecule has 1 amide bonds. The topological polar surface area (TPSA) is 41.1 Å². The third-order valence-electron chi connectivity index (χ3n) is 2.68. The van der Waals surface area contributed by atoms with E-state index < -0.39 is 0 Å². The zero-order valence-electron chi connectivity index (χ0n) is 10.5. The summed E-state index contributed by atoms with van der Waals surface area (Å²) in [4.78, 5) is 11.7. The fourth-order valence-corrected chi connectivity index (χ4v) is 1.48. The molecule has 0 aliphatic carbocycles. The Hall–Kier alpha value is -1.06. The predicted octanol–water partition coefficient (Wildman–Crippen LogP) is 2.34. The van der Waals surface area contributed by atoms with Crippen LogP contribution in [0, 0.1) is 0 Å². The Morgan fingerprint density at radius 3 is 2.41 bits per heavy atom. The first kappa shape index (κ1) is 14.0. The molecule has 17 heavy (non-hydrogen) atoms. The third kappa shape index (κ3) is 5.20. The summed E-state index contributed by atoms with van der Waals surface area (Å²) in [6.07, 6.45) is 0.455. The Morgan fingerprint density at radius 1 is 1.29 bits per heavy atom. The Labute approximate surface area is 108 Å². The van der Waals surface area contributed by atoms with Crippen molar-refractivity contribution in [2.75, 3.05) is 7.05 Å². The summed E-state index contributed by atoms with van der Waals surface area (Å²) in [5, 5.41) is 6.69. The van der Waals surface area contributed by atoms with Crippen molar-refractivity contribution in [3.8, 4) is 0 Å². The van der Waals surface area contributed by atoms with Crippen molar-refractivity contribution in [2.45, 2.75) is 32.4 Å². The molecule has 1 rings (SSSR count). The number of rotatable bonds is 5. The van der Waals surface area contributed by atoms with Crippen LogP contribution in [0.5, 0.6) is 0 Å². The highest BCUT2D eigenvalue weighted by molar-refractivity contribution is 6.30. The summed E-state index contributed by atoms with van der Waals surface area (Å²) in [6, 6.07) is 7.46. The molecule has 0 aromatic heterocycles. The van der Waals surface area contributed by atoms with E-state index in [2.05, 4.69) is 10.6 Å². The molecule has 0 unspecified atom stereocenters. The van der Waals surface area contributed by atoms with E-state index in [-0.39, 0.29) is 11.4 Å². The van der Waals surface area contributed by atoms with Crippen LogP contribution in [0.2, 0.25) is 5.02 Å². The molecule has 94 valence electrons. The zero-order chi connectivity index (χ0) is 12.9. The summed E-state index contributed by atoms with van der Waals surface area (Å²) in [6.45, 7) is 4.53. The van der Waals surface area contributed by atoms with Crippen molar-refractivity contribution >= 4 is 17.5 Å². The molecule has 0 heterocycles. The fraction of sp³-hybridized carbons (Fsp3) is 0.462. The van der Waals surface area contributed by atoms with E-state index in [0.717, 1.165) is 5.56 Å². The summed E-state index contributed by atoms with van der Waals surface area (Å²) in [5.74, 6) is 0.0410. The lowest BCUT2D eigenvalue weighted by Crippen LogP contribution is -2.41. The van der Waals surface area contributed by atoms with Crippen LogP contribution in [-0.2, 0) is 11.3 Å². The lowest BCUT2D eigenvalue weighted by atomic mass is 10.0. The van der Waals surface area contributed by atoms with Crippen LogP contribution >= 0.6 is 11.6 Å². The molecule has 0 aliphatic heterocycles. The largest absolute Gasteiger partial charge is 0.352 e. The highest BCUT2D eigenvalue weighted by Crippen LogP contribution is 2.10. The average molecular weight is 255 g/mol. The normalized spacial score (nSPS) is 11.3. The van der Waals surface area contributed by atoms with Gasteiger partial charge in [0.2, 0.25) is 5.91 Å². The van der Waals surface area contributed by atoms with Gasteiger partial charge in [0, 0.05) is 23.5 Å². The summed E-state index contributed by atoms with van der Waals surface area (Å²) in [7, 11) is 1.85. The zero-order valence-corrected chi connectivity index (χ0v) is 11.3. The third-order valence-corrected chi connectivity index (χ3v) is 2.93. The van der Waals surface area contributed by atoms with E-state index in [1.165, 1.54) is 0 Å². The molecule has 2 N–H and O–H groups in total. The number of benzene rings is 1. The van der Waals surface area contributed by atoms with Crippen LogP contribution in [0.15, 0.2) is 24.3 Å². The molecule has 0 spiro atoms. The standard InChI is InChI=1S/C13H19ClN2O/c1-13(2,15-3)8-12(17)16-9-10-4-6-11(14)7-5-10/h4-7,15H,8-9H2,1-3H3,(H,16,17). The molecule has 0 atom stereocenters. The molecule has 3 nitrogen and oxygen atoms in total. The molecule has 0 saturated carbocycles. The lowest BCUT2D eigenvalue weighted by molar-refractivity contribution is -0.122. The van der Waals surface area contributed by atoms with Crippen molar-refractivity contribution in [1.29, 1.82) is 0 Å². The first-order chi connectivity index (χ1) is 7.93. The van der Waals surface area contributed by atoms with E-state index in [9.17, 15) is 4.79 Å². The van der Waals surface area contributed by atoms with Crippen LogP contribution in [0.1, 0.15) is 25.8 Å². The van der Waals surface area contributed by atoms with Gasteiger partial charge in [-0.25, -0.2) is 0 Å². The summed E-state index contributed by atoms with van der Waals surface area (Å²) in [5.41, 5.74) is 0.870. The van der Waals surface area contributed by atoms with Gasteiger partial charge < -0.3 is 10.6 Å². The molecular weight excluding hydrogens is 236 g/mol. The van der Waals surface area contributed by atoms with Gasteiger partial charge in [-0.3, -0.25) is 4.79 Å². The maximum absolute atomic E-state index is 11.7. The van der Waals surface area contributed by atoms with Gasteiger partial charge in [-0.1, -0.05) is 23.7 Å². The summed E-state index contributed by atoms with van der Waals surface area (Å²) < 4.78 is 0. The van der Waals surface area contributed by atoms with E-state index in [1.807, 2.05) is 45.2 Å². The molecule has 0 saturated heterocycles. The number of nitrogens with one attached hydrogen (secondary N) is 2. The van der Waals surface area contributed by atoms with Crippen molar-refractivity contribution in [2.24, 2.45) is 0 Å². The van der Waals surface area contributed by atoms with Crippen molar-refractivity contribution in [3.05, 3.63) is 34.9 Å². The number of amides is 1. The number of carbonyl (C=O) groups excluding carboxylic acids is 1. The number of hydrogen-bond donors (Lipinski definition) is 2. The van der Waals surface area contributed by atoms with E-state index >= 15 is 0 Å². The minimum absolute atomic E-state index is 0.0410. The van der Waals surface area contributed by atoms with Gasteiger partial charge in [-0.05, 0) is 38.6 Å². The van der Waals surface area contributed by atoms with Gasteiger partial charge in [-0.2, -0.15) is 0 Å². The number of hydrogen-bond acceptors (Lipinski definition) is 2. The van der Waals surface area contributed by atoms with Gasteiger partial charge in [0.1, 0.15) is 0 Å². The Bertz CT molecular complexity index is 374. The molecule has 1 aromatic rings. The maximum Gasteiger partial charge on any atom is 0.222 e. The molecular formula is C13H19ClN2O. The minimum Gasteiger partial charge on any atom is -0.352 e. The number of halogens is 1. The van der Waals surface area contributed by atoms with E-state index in [0.29, 0.717) is 18.0 Å². The smallest absolute Gasteiger partial charge is 0.222 e. The highest BCUT2D eigenvalue weighted by atomic mass is 35.5. The monoisotopic (exact) mass is 254 g/mol. The second kappa shape index (κ2) is 6.03. The SMILES string of the molecule is CNC(C)(C)CC(=O)NCc1ccc(Cl)cc1. The van der Waals surface area contributed by atoms with Crippen molar-refractivity contribution in [3.63, 3.8) is 0 Å². The summed E-state index contributed by atoms with van der Waals surface area (Å²) >= 11 is 5.78. The highest BCUT2D eigenvalue weighted by Gasteiger charge is 2.18. The minimum atomic E-state index is -0.177. The van der Waals surface area contributed by atoms with Crippen LogP contribution in [-0.4, -0.2) is 18.5 Å². The predicted molar refractivity (Wildman–Crippen MR) is 71.1 cm³/mol. The van der Waals surface area contributed by atoms with Gasteiger partial charge in [-0.15, -0.1) is 0 Å². The first-order valence-electron chi connectivity index (χ1n) is 5.63. The van der Waals surface area contributed by atoms with Gasteiger partial charge in [0.25, 0.3) is 0 Å². The Morgan fingerprint density at radius 2 is 1.88 bits per heavy atom. The Balaban J connectivity index is 2.41. The molecule has 0 bridgehead atoms. The van der Waals surface area contributed by atoms with Crippen molar-refractivity contribution < 1.29 is 4.79 Å². The van der Waals surface area contributed by atoms with E-state index in [1.54, 1.807) is 0 Å². The van der Waals surface area contributed by atoms with Crippen molar-refractivity contribution in [1.82, 2.24) is 10.6 Å². The molecule has 1 aromatic carbocycles. The van der Waals surface area contributed by atoms with Gasteiger partial charge in [0.15, 0.2) is 0 Å². The molecule has 4 heteroatoms. The van der Waals surface area contributed by atoms with Crippen LogP contribution in [0.3, 0.4) is 0 Å². The van der Waals surface area contributed by atoms with Crippen LogP contribution in [0.25, 0.3) is 0 Å². The molecule has 0 aliphatic rings. The molecule has 0 fully saturated rings. The van der Waals surface area contributed by atoms with Crippen LogP contribution in [0.4, 0.5) is 0 Å².